The fourth-order valence-electron chi connectivity index (χ4n) is 5.90. The molecule has 1 amide bonds. The van der Waals surface area contributed by atoms with Gasteiger partial charge in [-0.25, -0.2) is 24.0 Å². The minimum absolute atomic E-state index is 0.0920. The van der Waals surface area contributed by atoms with Crippen LogP contribution in [0.2, 0.25) is 0 Å². The summed E-state index contributed by atoms with van der Waals surface area (Å²) in [5, 5.41) is 2.69. The first-order valence-electron chi connectivity index (χ1n) is 16.3. The number of hydrogen-bond acceptors (Lipinski definition) is 12. The fraction of sp³-hybridized carbons (Fsp3) is 0.231. The summed E-state index contributed by atoms with van der Waals surface area (Å²) in [6.07, 6.45) is -6.41. The Hall–Kier alpha value is -6.34. The molecule has 2 bridgehead atoms. The van der Waals surface area contributed by atoms with E-state index in [0.717, 1.165) is 0 Å². The molecule has 0 radical (unpaired) electrons. The second kappa shape index (κ2) is 15.7. The summed E-state index contributed by atoms with van der Waals surface area (Å²) in [7, 11) is 0. The standard InChI is InChI=1S/C39H33NO12/c1-24(41)40-31-29-22-39(38(46)49-29,52-37(45)28-20-12-5-13-21-28)51-33(31)32(50-36(44)27-18-10-4-11-19-27)30(48-35(43)26-16-8-3-9-17-26)23-47-34(42)25-14-6-2-7-15-25/h2-21,29-33H,22-23H2,1H3,(H,40,41)/t29-,30+,31+,32+,33+,39+/m0/s1/i38+1,39+1. The summed E-state index contributed by atoms with van der Waals surface area (Å²) < 4.78 is 35.1. The molecule has 13 nitrogen and oxygen atoms in total. The van der Waals surface area contributed by atoms with Crippen molar-refractivity contribution in [3.8, 4) is 0 Å². The third-order valence-electron chi connectivity index (χ3n) is 8.36. The topological polar surface area (TPSA) is 170 Å². The molecule has 0 spiro atoms. The highest BCUT2D eigenvalue weighted by molar-refractivity contribution is 5.93. The van der Waals surface area contributed by atoms with Gasteiger partial charge in [0.1, 0.15) is 18.8 Å². The van der Waals surface area contributed by atoms with Crippen LogP contribution in [0.5, 0.6) is 0 Å². The van der Waals surface area contributed by atoms with Gasteiger partial charge in [-0.2, -0.15) is 0 Å². The Labute approximate surface area is 297 Å². The van der Waals surface area contributed by atoms with Gasteiger partial charge in [0.2, 0.25) is 5.91 Å². The molecule has 52 heavy (non-hydrogen) atoms. The Kier molecular flexibility index (Phi) is 10.7. The SMILES string of the molecule is CC(=O)N[C@H]1[C@H]([C@H](OC(=O)c2ccccc2)[C@@H](COC(=O)c2ccccc2)OC(=O)c2ccccc2)O[13C@@]2(OC(=O)c3ccccc3)C[C@@H]1O[13C]2=O. The van der Waals surface area contributed by atoms with E-state index in [0.29, 0.717) is 0 Å². The van der Waals surface area contributed by atoms with Crippen LogP contribution in [0.25, 0.3) is 0 Å². The van der Waals surface area contributed by atoms with Gasteiger partial charge < -0.3 is 33.7 Å². The van der Waals surface area contributed by atoms with Crippen LogP contribution in [0.1, 0.15) is 54.8 Å². The van der Waals surface area contributed by atoms with Crippen LogP contribution in [0.4, 0.5) is 0 Å². The highest BCUT2D eigenvalue weighted by Crippen LogP contribution is 2.42. The molecule has 2 saturated heterocycles. The van der Waals surface area contributed by atoms with Crippen molar-refractivity contribution in [3.05, 3.63) is 144 Å². The molecule has 2 fully saturated rings. The zero-order valence-electron chi connectivity index (χ0n) is 27.7. The number of hydrogen-bond donors (Lipinski definition) is 1. The molecule has 0 aliphatic carbocycles. The number of amides is 1. The van der Waals surface area contributed by atoms with E-state index in [1.165, 1.54) is 55.5 Å². The quantitative estimate of drug-likeness (QED) is 0.127. The number of ether oxygens (including phenoxy) is 6. The molecular weight excluding hydrogens is 676 g/mol. The molecule has 2 aliphatic heterocycles. The molecule has 1 N–H and O–H groups in total. The molecule has 6 rings (SSSR count). The molecule has 4 aromatic rings. The molecular formula is C39H33NO12. The van der Waals surface area contributed by atoms with Crippen LogP contribution in [-0.4, -0.2) is 78.6 Å². The number of nitrogens with one attached hydrogen (secondary N) is 1. The smallest absolute Gasteiger partial charge is 0.380 e. The van der Waals surface area contributed by atoms with E-state index >= 15 is 0 Å². The van der Waals surface area contributed by atoms with E-state index in [4.69, 9.17) is 28.4 Å². The molecule has 266 valence electrons. The van der Waals surface area contributed by atoms with E-state index in [2.05, 4.69) is 5.32 Å². The third kappa shape index (κ3) is 8.00. The van der Waals surface area contributed by atoms with Crippen molar-refractivity contribution in [2.75, 3.05) is 6.61 Å². The van der Waals surface area contributed by atoms with Crippen LogP contribution in [0.3, 0.4) is 0 Å². The highest BCUT2D eigenvalue weighted by atomic mass is 16.9. The van der Waals surface area contributed by atoms with Gasteiger partial charge in [-0.05, 0) is 48.5 Å². The number of rotatable bonds is 12. The van der Waals surface area contributed by atoms with E-state index in [-0.39, 0.29) is 28.7 Å². The van der Waals surface area contributed by atoms with Crippen LogP contribution >= 0.6 is 0 Å². The summed E-state index contributed by atoms with van der Waals surface area (Å²) in [5.74, 6) is -7.50. The Balaban J connectivity index is 1.42. The van der Waals surface area contributed by atoms with Crippen molar-refractivity contribution in [2.45, 2.75) is 49.6 Å². The van der Waals surface area contributed by atoms with Crippen molar-refractivity contribution >= 4 is 35.8 Å². The molecule has 0 aromatic heterocycles. The molecule has 4 aromatic carbocycles. The van der Waals surface area contributed by atoms with Crippen LogP contribution < -0.4 is 5.32 Å². The maximum absolute atomic E-state index is 13.7. The van der Waals surface area contributed by atoms with E-state index < -0.39 is 78.6 Å². The maximum atomic E-state index is 13.7. The normalized spacial score (nSPS) is 21.4. The average molecular weight is 710 g/mol. The Morgan fingerprint density at radius 2 is 1.15 bits per heavy atom. The minimum Gasteiger partial charge on any atom is -0.458 e. The van der Waals surface area contributed by atoms with Crippen molar-refractivity contribution in [3.63, 3.8) is 0 Å². The number of carbonyl (C=O) groups excluding carboxylic acids is 6. The van der Waals surface area contributed by atoms with E-state index in [1.54, 1.807) is 72.8 Å². The number of esters is 5. The lowest BCUT2D eigenvalue weighted by Gasteiger charge is -2.43. The van der Waals surface area contributed by atoms with Gasteiger partial charge >= 0.3 is 35.6 Å². The minimum atomic E-state index is -2.36. The lowest BCUT2D eigenvalue weighted by atomic mass is 9.94. The maximum Gasteiger partial charge on any atom is 0.380 e. The van der Waals surface area contributed by atoms with Gasteiger partial charge in [0.05, 0.1) is 34.7 Å². The van der Waals surface area contributed by atoms with Gasteiger partial charge in [-0.1, -0.05) is 72.8 Å². The third-order valence-corrected chi connectivity index (χ3v) is 8.36. The number of fused-ring (bicyclic) bond motifs is 2. The van der Waals surface area contributed by atoms with Crippen LogP contribution in [0, 0.1) is 0 Å². The first kappa shape index (κ1) is 35.5. The van der Waals surface area contributed by atoms with Gasteiger partial charge in [0.15, 0.2) is 12.2 Å². The van der Waals surface area contributed by atoms with Crippen molar-refractivity contribution in [1.82, 2.24) is 5.32 Å². The second-order valence-corrected chi connectivity index (χ2v) is 12.0. The summed E-state index contributed by atoms with van der Waals surface area (Å²) in [6.45, 7) is 0.534. The molecule has 0 unspecified atom stereocenters. The predicted octanol–water partition coefficient (Wildman–Crippen LogP) is 4.07. The summed E-state index contributed by atoms with van der Waals surface area (Å²) in [5.41, 5.74) is 0.494. The summed E-state index contributed by atoms with van der Waals surface area (Å²) in [4.78, 5) is 79.8. The highest BCUT2D eigenvalue weighted by Gasteiger charge is 2.65. The Morgan fingerprint density at radius 1 is 0.692 bits per heavy atom. The Bertz CT molecular complexity index is 1920. The largest absolute Gasteiger partial charge is 0.458 e. The summed E-state index contributed by atoms with van der Waals surface area (Å²) >= 11 is 0. The van der Waals surface area contributed by atoms with Gasteiger partial charge in [0.25, 0.3) is 0 Å². The molecule has 0 saturated carbocycles. The first-order valence-corrected chi connectivity index (χ1v) is 16.3. The summed E-state index contributed by atoms with van der Waals surface area (Å²) in [6, 6.07) is 30.3. The lowest BCUT2D eigenvalue weighted by molar-refractivity contribution is -0.257. The van der Waals surface area contributed by atoms with Gasteiger partial charge in [-0.3, -0.25) is 4.79 Å². The van der Waals surface area contributed by atoms with Gasteiger partial charge in [0, 0.05) is 6.92 Å². The van der Waals surface area contributed by atoms with Crippen molar-refractivity contribution in [2.24, 2.45) is 0 Å². The second-order valence-electron chi connectivity index (χ2n) is 12.0. The monoisotopic (exact) mass is 709 g/mol. The zero-order valence-corrected chi connectivity index (χ0v) is 27.7. The van der Waals surface area contributed by atoms with E-state index in [1.807, 2.05) is 0 Å². The van der Waals surface area contributed by atoms with Crippen LogP contribution in [-0.2, 0) is 38.0 Å². The Morgan fingerprint density at radius 3 is 1.65 bits per heavy atom. The molecule has 2 heterocycles. The lowest BCUT2D eigenvalue weighted by Crippen LogP contribution is -2.65. The number of carbonyl (C=O) groups is 6. The van der Waals surface area contributed by atoms with Crippen LogP contribution in [0.15, 0.2) is 121 Å². The number of benzene rings is 4. The molecule has 2 aliphatic rings. The first-order chi connectivity index (χ1) is 25.1. The van der Waals surface area contributed by atoms with E-state index in [9.17, 15) is 28.8 Å². The van der Waals surface area contributed by atoms with Gasteiger partial charge in [-0.15, -0.1) is 0 Å². The van der Waals surface area contributed by atoms with Crippen molar-refractivity contribution < 1.29 is 57.2 Å². The molecule has 6 atom stereocenters. The molecule has 13 heteroatoms. The fourth-order valence-corrected chi connectivity index (χ4v) is 5.90. The average Bonchev–Trinajstić information content (AvgIpc) is 3.44. The zero-order chi connectivity index (χ0) is 36.7. The predicted molar refractivity (Wildman–Crippen MR) is 180 cm³/mol. The van der Waals surface area contributed by atoms with Crippen molar-refractivity contribution in [1.29, 1.82) is 0 Å².